The van der Waals surface area contributed by atoms with Gasteiger partial charge in [-0.2, -0.15) is 5.10 Å². The summed E-state index contributed by atoms with van der Waals surface area (Å²) in [7, 11) is 0. The molecule has 104 valence electrons. The monoisotopic (exact) mass is 271 g/mol. The third-order valence-corrected chi connectivity index (χ3v) is 2.75. The van der Waals surface area contributed by atoms with Gasteiger partial charge >= 0.3 is 0 Å². The van der Waals surface area contributed by atoms with Gasteiger partial charge in [-0.15, -0.1) is 10.2 Å². The summed E-state index contributed by atoms with van der Waals surface area (Å²) in [6.07, 6.45) is 1.81. The van der Waals surface area contributed by atoms with Crippen LogP contribution in [-0.4, -0.2) is 20.9 Å². The molecule has 1 aromatic carbocycles. The van der Waals surface area contributed by atoms with Gasteiger partial charge in [0, 0.05) is 0 Å². The molecule has 0 saturated carbocycles. The Hall–Kier alpha value is -2.50. The number of rotatable bonds is 5. The van der Waals surface area contributed by atoms with Crippen LogP contribution in [0.25, 0.3) is 0 Å². The summed E-state index contributed by atoms with van der Waals surface area (Å²) >= 11 is 0. The van der Waals surface area contributed by atoms with Crippen LogP contribution in [-0.2, 0) is 0 Å². The van der Waals surface area contributed by atoms with Crippen molar-refractivity contribution in [2.24, 2.45) is 5.10 Å². The second kappa shape index (κ2) is 6.60. The van der Waals surface area contributed by atoms with E-state index in [1.54, 1.807) is 6.92 Å². The van der Waals surface area contributed by atoms with Crippen LogP contribution in [0.4, 0.5) is 5.95 Å². The summed E-state index contributed by atoms with van der Waals surface area (Å²) in [6, 6.07) is 9.89. The lowest BCUT2D eigenvalue weighted by atomic mass is 10.1. The third kappa shape index (κ3) is 3.50. The van der Waals surface area contributed by atoms with Gasteiger partial charge in [0.25, 0.3) is 5.56 Å². The molecule has 0 aliphatic heterocycles. The Morgan fingerprint density at radius 3 is 2.70 bits per heavy atom. The van der Waals surface area contributed by atoms with E-state index in [9.17, 15) is 4.79 Å². The van der Waals surface area contributed by atoms with Crippen molar-refractivity contribution < 1.29 is 0 Å². The topological polar surface area (TPSA) is 83.0 Å². The highest BCUT2D eigenvalue weighted by Crippen LogP contribution is 2.07. The van der Waals surface area contributed by atoms with Gasteiger partial charge in [0.1, 0.15) is 5.69 Å². The highest BCUT2D eigenvalue weighted by molar-refractivity contribution is 6.00. The van der Waals surface area contributed by atoms with Crippen LogP contribution in [0, 0.1) is 6.92 Å². The van der Waals surface area contributed by atoms with Gasteiger partial charge in [-0.25, -0.2) is 5.43 Å². The zero-order valence-corrected chi connectivity index (χ0v) is 11.6. The Kier molecular flexibility index (Phi) is 4.60. The molecule has 0 unspecified atom stereocenters. The fraction of sp³-hybridized carbons (Fsp3) is 0.286. The molecule has 2 aromatic rings. The van der Waals surface area contributed by atoms with Crippen molar-refractivity contribution in [3.63, 3.8) is 0 Å². The molecule has 2 rings (SSSR count). The Labute approximate surface area is 117 Å². The standard InChI is InChI=1S/C14H17N5O/c1-3-7-12(11-8-5-4-6-9-11)17-19-14-15-13(20)10(2)16-18-14/h4-6,8-9H,3,7H2,1-2H3,(H2,15,18,19,20)/b17-12-. The van der Waals surface area contributed by atoms with E-state index in [1.807, 2.05) is 30.3 Å². The van der Waals surface area contributed by atoms with Gasteiger partial charge in [-0.3, -0.25) is 9.78 Å². The first kappa shape index (κ1) is 13.9. The Balaban J connectivity index is 2.21. The Morgan fingerprint density at radius 1 is 1.30 bits per heavy atom. The van der Waals surface area contributed by atoms with E-state index in [1.165, 1.54) is 0 Å². The maximum absolute atomic E-state index is 11.4. The average molecular weight is 271 g/mol. The first-order chi connectivity index (χ1) is 9.70. The average Bonchev–Trinajstić information content (AvgIpc) is 2.48. The molecule has 6 nitrogen and oxygen atoms in total. The zero-order valence-electron chi connectivity index (χ0n) is 11.6. The van der Waals surface area contributed by atoms with Gasteiger partial charge in [0.15, 0.2) is 0 Å². The van der Waals surface area contributed by atoms with Crippen LogP contribution < -0.4 is 11.0 Å². The number of hydrazone groups is 1. The first-order valence-electron chi connectivity index (χ1n) is 6.52. The molecule has 1 aromatic heterocycles. The lowest BCUT2D eigenvalue weighted by molar-refractivity contribution is 0.894. The minimum Gasteiger partial charge on any atom is -0.288 e. The highest BCUT2D eigenvalue weighted by atomic mass is 16.1. The number of anilines is 1. The summed E-state index contributed by atoms with van der Waals surface area (Å²) in [5.41, 5.74) is 4.77. The van der Waals surface area contributed by atoms with Gasteiger partial charge in [-0.05, 0) is 18.9 Å². The van der Waals surface area contributed by atoms with Crippen LogP contribution in [0.2, 0.25) is 0 Å². The Bertz CT molecular complexity index is 648. The maximum Gasteiger partial charge on any atom is 0.274 e. The van der Waals surface area contributed by atoms with Crippen molar-refractivity contribution >= 4 is 11.7 Å². The third-order valence-electron chi connectivity index (χ3n) is 2.75. The van der Waals surface area contributed by atoms with Gasteiger partial charge in [-0.1, -0.05) is 43.7 Å². The van der Waals surface area contributed by atoms with Gasteiger partial charge in [0.05, 0.1) is 5.71 Å². The smallest absolute Gasteiger partial charge is 0.274 e. The van der Waals surface area contributed by atoms with Crippen molar-refractivity contribution in [1.82, 2.24) is 15.2 Å². The Morgan fingerprint density at radius 2 is 2.05 bits per heavy atom. The summed E-state index contributed by atoms with van der Waals surface area (Å²) in [5.74, 6) is 0.241. The van der Waals surface area contributed by atoms with Crippen LogP contribution in [0.15, 0.2) is 40.2 Å². The molecular weight excluding hydrogens is 254 g/mol. The first-order valence-corrected chi connectivity index (χ1v) is 6.52. The molecule has 0 aliphatic rings. The molecular formula is C14H17N5O. The largest absolute Gasteiger partial charge is 0.288 e. The fourth-order valence-electron chi connectivity index (χ4n) is 1.70. The number of H-pyrrole nitrogens is 1. The summed E-state index contributed by atoms with van der Waals surface area (Å²) < 4.78 is 0. The number of nitrogens with one attached hydrogen (secondary N) is 2. The quantitative estimate of drug-likeness (QED) is 0.644. The number of aromatic nitrogens is 3. The molecule has 0 amide bonds. The maximum atomic E-state index is 11.4. The minimum atomic E-state index is -0.269. The molecule has 0 radical (unpaired) electrons. The molecule has 20 heavy (non-hydrogen) atoms. The second-order valence-electron chi connectivity index (χ2n) is 4.37. The molecule has 0 aliphatic carbocycles. The molecule has 0 bridgehead atoms. The number of hydrogen-bond acceptors (Lipinski definition) is 5. The van der Waals surface area contributed by atoms with Crippen molar-refractivity contribution in [2.75, 3.05) is 5.43 Å². The molecule has 0 spiro atoms. The predicted octanol–water partition coefficient (Wildman–Crippen LogP) is 2.09. The SMILES string of the molecule is CCC/C(=N/Nc1nnc(C)c(=O)[nH]1)c1ccccc1. The highest BCUT2D eigenvalue weighted by Gasteiger charge is 2.03. The van der Waals surface area contributed by atoms with Crippen molar-refractivity contribution in [3.05, 3.63) is 51.9 Å². The predicted molar refractivity (Wildman–Crippen MR) is 78.9 cm³/mol. The van der Waals surface area contributed by atoms with Crippen molar-refractivity contribution in [2.45, 2.75) is 26.7 Å². The van der Waals surface area contributed by atoms with E-state index in [2.05, 4.69) is 32.6 Å². The van der Waals surface area contributed by atoms with Crippen LogP contribution in [0.1, 0.15) is 31.0 Å². The van der Waals surface area contributed by atoms with Crippen LogP contribution >= 0.6 is 0 Å². The zero-order chi connectivity index (χ0) is 14.4. The molecule has 0 atom stereocenters. The van der Waals surface area contributed by atoms with E-state index >= 15 is 0 Å². The van der Waals surface area contributed by atoms with Crippen molar-refractivity contribution in [1.29, 1.82) is 0 Å². The van der Waals surface area contributed by atoms with E-state index in [0.29, 0.717) is 5.69 Å². The molecule has 2 N–H and O–H groups in total. The number of aryl methyl sites for hydroxylation is 1. The normalized spacial score (nSPS) is 11.4. The van der Waals surface area contributed by atoms with E-state index in [0.717, 1.165) is 24.1 Å². The number of aromatic amines is 1. The molecule has 0 saturated heterocycles. The second-order valence-corrected chi connectivity index (χ2v) is 4.37. The summed E-state index contributed by atoms with van der Waals surface area (Å²) in [5, 5.41) is 11.9. The fourth-order valence-corrected chi connectivity index (χ4v) is 1.70. The van der Waals surface area contributed by atoms with E-state index < -0.39 is 0 Å². The van der Waals surface area contributed by atoms with Gasteiger partial charge in [0.2, 0.25) is 5.95 Å². The molecule has 1 heterocycles. The minimum absolute atomic E-state index is 0.241. The van der Waals surface area contributed by atoms with Crippen LogP contribution in [0.5, 0.6) is 0 Å². The number of nitrogens with zero attached hydrogens (tertiary/aromatic N) is 3. The van der Waals surface area contributed by atoms with Crippen molar-refractivity contribution in [3.8, 4) is 0 Å². The van der Waals surface area contributed by atoms with E-state index in [4.69, 9.17) is 0 Å². The van der Waals surface area contributed by atoms with Crippen LogP contribution in [0.3, 0.4) is 0 Å². The number of benzene rings is 1. The lowest BCUT2D eigenvalue weighted by Crippen LogP contribution is -2.16. The molecule has 0 fully saturated rings. The van der Waals surface area contributed by atoms with E-state index in [-0.39, 0.29) is 11.5 Å². The summed E-state index contributed by atoms with van der Waals surface area (Å²) in [6.45, 7) is 3.69. The summed E-state index contributed by atoms with van der Waals surface area (Å²) in [4.78, 5) is 14.0. The number of hydrogen-bond donors (Lipinski definition) is 2. The molecule has 6 heteroatoms. The van der Waals surface area contributed by atoms with Gasteiger partial charge < -0.3 is 0 Å². The lowest BCUT2D eigenvalue weighted by Gasteiger charge is -2.06.